The van der Waals surface area contributed by atoms with Gasteiger partial charge < -0.3 is 9.64 Å². The lowest BCUT2D eigenvalue weighted by Crippen LogP contribution is -2.31. The van der Waals surface area contributed by atoms with Gasteiger partial charge in [-0.15, -0.1) is 0 Å². The average Bonchev–Trinajstić information content (AvgIpc) is 3.55. The van der Waals surface area contributed by atoms with E-state index in [2.05, 4.69) is 0 Å². The number of benzene rings is 3. The van der Waals surface area contributed by atoms with Crippen LogP contribution in [0.4, 0.5) is 10.1 Å². The highest BCUT2D eigenvalue weighted by Crippen LogP contribution is 2.43. The van der Waals surface area contributed by atoms with Gasteiger partial charge >= 0.3 is 10.2 Å². The third kappa shape index (κ3) is 4.39. The summed E-state index contributed by atoms with van der Waals surface area (Å²) < 4.78 is 50.1. The van der Waals surface area contributed by atoms with Gasteiger partial charge in [-0.3, -0.25) is 9.59 Å². The van der Waals surface area contributed by atoms with E-state index in [1.807, 2.05) is 46.0 Å². The summed E-state index contributed by atoms with van der Waals surface area (Å²) in [4.78, 5) is 26.7. The molecule has 2 saturated heterocycles. The third-order valence-corrected chi connectivity index (χ3v) is 8.57. The molecule has 1 atom stereocenters. The maximum Gasteiger partial charge on any atom is 0.326 e. The van der Waals surface area contributed by atoms with Gasteiger partial charge in [0.15, 0.2) is 5.82 Å². The Labute approximate surface area is 214 Å². The normalized spacial score (nSPS) is 20.9. The number of anilines is 1. The zero-order valence-electron chi connectivity index (χ0n) is 20.0. The largest absolute Gasteiger partial charge is 0.487 e. The first-order chi connectivity index (χ1) is 17.8. The van der Waals surface area contributed by atoms with Crippen LogP contribution in [0.2, 0.25) is 0 Å². The molecule has 10 heteroatoms. The number of fused-ring (bicyclic) bond motifs is 1. The van der Waals surface area contributed by atoms with E-state index in [9.17, 15) is 18.0 Å². The molecular formula is C27H26FN3O5S. The van der Waals surface area contributed by atoms with Crippen LogP contribution < -0.4 is 13.8 Å². The molecule has 3 aliphatic rings. The van der Waals surface area contributed by atoms with E-state index in [4.69, 9.17) is 4.74 Å². The fourth-order valence-corrected chi connectivity index (χ4v) is 6.37. The SMILES string of the molecule is O=C1CN(c2c(OCc3ccccc3)cc3ccc(C4CCCN4C(=O)C4CC4)cc3c2F)S(=O)(=O)N1. The molecular weight excluding hydrogens is 497 g/mol. The van der Waals surface area contributed by atoms with E-state index in [1.54, 1.807) is 18.2 Å². The van der Waals surface area contributed by atoms with E-state index < -0.39 is 28.5 Å². The Morgan fingerprint density at radius 2 is 1.86 bits per heavy atom. The molecule has 1 unspecified atom stereocenters. The minimum absolute atomic E-state index is 0.0214. The van der Waals surface area contributed by atoms with Crippen LogP contribution in [0.5, 0.6) is 5.75 Å². The summed E-state index contributed by atoms with van der Waals surface area (Å²) in [6, 6.07) is 16.0. The lowest BCUT2D eigenvalue weighted by atomic mass is 9.98. The van der Waals surface area contributed by atoms with Crippen LogP contribution in [0.3, 0.4) is 0 Å². The number of ether oxygens (including phenoxy) is 1. The van der Waals surface area contributed by atoms with Crippen LogP contribution in [0.15, 0.2) is 54.6 Å². The van der Waals surface area contributed by atoms with Gasteiger partial charge in [0, 0.05) is 17.8 Å². The maximum absolute atomic E-state index is 16.2. The number of nitrogens with one attached hydrogen (secondary N) is 1. The topological polar surface area (TPSA) is 96.0 Å². The summed E-state index contributed by atoms with van der Waals surface area (Å²) in [7, 11) is -4.27. The highest BCUT2D eigenvalue weighted by atomic mass is 32.2. The summed E-state index contributed by atoms with van der Waals surface area (Å²) in [5.41, 5.74) is 1.32. The number of amides is 2. The fraction of sp³-hybridized carbons (Fsp3) is 0.333. The quantitative estimate of drug-likeness (QED) is 0.530. The minimum atomic E-state index is -4.27. The predicted octanol–water partition coefficient (Wildman–Crippen LogP) is 3.81. The molecule has 37 heavy (non-hydrogen) atoms. The van der Waals surface area contributed by atoms with Gasteiger partial charge in [-0.2, -0.15) is 8.42 Å². The summed E-state index contributed by atoms with van der Waals surface area (Å²) in [5, 5.41) is 0.738. The molecule has 2 heterocycles. The first-order valence-electron chi connectivity index (χ1n) is 12.4. The molecule has 2 amide bonds. The molecule has 0 radical (unpaired) electrons. The summed E-state index contributed by atoms with van der Waals surface area (Å²) in [5.74, 6) is -1.27. The number of hydrogen-bond acceptors (Lipinski definition) is 5. The van der Waals surface area contributed by atoms with Gasteiger partial charge in [0.25, 0.3) is 5.91 Å². The first-order valence-corrected chi connectivity index (χ1v) is 13.8. The number of hydrogen-bond donors (Lipinski definition) is 1. The second kappa shape index (κ2) is 9.02. The van der Waals surface area contributed by atoms with E-state index >= 15 is 4.39 Å². The van der Waals surface area contributed by atoms with Gasteiger partial charge in [0.05, 0.1) is 6.04 Å². The summed E-state index contributed by atoms with van der Waals surface area (Å²) in [6.07, 6.45) is 3.50. The number of nitrogens with zero attached hydrogens (tertiary/aromatic N) is 2. The van der Waals surface area contributed by atoms with Gasteiger partial charge in [-0.1, -0.05) is 42.5 Å². The molecule has 1 saturated carbocycles. The van der Waals surface area contributed by atoms with Crippen LogP contribution in [0.25, 0.3) is 10.8 Å². The van der Waals surface area contributed by atoms with Gasteiger partial charge in [-0.25, -0.2) is 13.4 Å². The molecule has 0 spiro atoms. The molecule has 8 nitrogen and oxygen atoms in total. The van der Waals surface area contributed by atoms with Crippen molar-refractivity contribution < 1.29 is 27.1 Å². The fourth-order valence-electron chi connectivity index (χ4n) is 5.21. The van der Waals surface area contributed by atoms with Crippen LogP contribution in [0, 0.1) is 11.7 Å². The van der Waals surface area contributed by atoms with E-state index in [0.717, 1.165) is 41.1 Å². The molecule has 1 aliphatic carbocycles. The predicted molar refractivity (Wildman–Crippen MR) is 136 cm³/mol. The Bertz CT molecular complexity index is 1510. The van der Waals surface area contributed by atoms with Gasteiger partial charge in [0.2, 0.25) is 5.91 Å². The first kappa shape index (κ1) is 23.7. The minimum Gasteiger partial charge on any atom is -0.487 e. The van der Waals surface area contributed by atoms with Crippen LogP contribution in [-0.4, -0.2) is 38.2 Å². The molecule has 3 fully saturated rings. The molecule has 192 valence electrons. The molecule has 6 rings (SSSR count). The monoisotopic (exact) mass is 523 g/mol. The van der Waals surface area contributed by atoms with E-state index in [-0.39, 0.29) is 41.3 Å². The molecule has 1 N–H and O–H groups in total. The molecule has 3 aromatic carbocycles. The number of carbonyl (C=O) groups excluding carboxylic acids is 2. The van der Waals surface area contributed by atoms with Crippen LogP contribution in [-0.2, 0) is 26.4 Å². The highest BCUT2D eigenvalue weighted by molar-refractivity contribution is 7.92. The Morgan fingerprint density at radius 1 is 1.08 bits per heavy atom. The van der Waals surface area contributed by atoms with Crippen LogP contribution in [0.1, 0.15) is 42.9 Å². The van der Waals surface area contributed by atoms with Crippen molar-refractivity contribution in [3.63, 3.8) is 0 Å². The van der Waals surface area contributed by atoms with Crippen molar-refractivity contribution in [2.75, 3.05) is 17.4 Å². The summed E-state index contributed by atoms with van der Waals surface area (Å²) in [6.45, 7) is 0.225. The van der Waals surface area contributed by atoms with Crippen molar-refractivity contribution in [3.05, 3.63) is 71.5 Å². The average molecular weight is 524 g/mol. The molecule has 0 aromatic heterocycles. The van der Waals surface area contributed by atoms with E-state index in [0.29, 0.717) is 11.9 Å². The van der Waals surface area contributed by atoms with Crippen molar-refractivity contribution in [3.8, 4) is 5.75 Å². The Morgan fingerprint density at radius 3 is 2.57 bits per heavy atom. The number of likely N-dealkylation sites (tertiary alicyclic amines) is 1. The lowest BCUT2D eigenvalue weighted by Gasteiger charge is -2.26. The Kier molecular flexibility index (Phi) is 5.78. The number of halogens is 1. The van der Waals surface area contributed by atoms with E-state index in [1.165, 1.54) is 0 Å². The zero-order valence-corrected chi connectivity index (χ0v) is 20.8. The van der Waals surface area contributed by atoms with Gasteiger partial charge in [-0.05, 0) is 54.3 Å². The second-order valence-corrected chi connectivity index (χ2v) is 11.4. The molecule has 3 aromatic rings. The molecule has 0 bridgehead atoms. The molecule has 2 aliphatic heterocycles. The smallest absolute Gasteiger partial charge is 0.326 e. The lowest BCUT2D eigenvalue weighted by molar-refractivity contribution is -0.133. The standard InChI is InChI=1S/C27H26FN3O5S/c28-25-21-13-20(22-7-4-12-30(22)27(33)18-8-9-18)11-10-19(21)14-23(36-16-17-5-2-1-3-6-17)26(25)31-15-24(32)29-37(31,34)35/h1-3,5-6,10-11,13-14,18,22H,4,7-9,12,15-16H2,(H,29,32). The van der Waals surface area contributed by atoms with Crippen molar-refractivity contribution in [1.29, 1.82) is 0 Å². The zero-order chi connectivity index (χ0) is 25.7. The second-order valence-electron chi connectivity index (χ2n) is 9.79. The Balaban J connectivity index is 1.43. The van der Waals surface area contributed by atoms with Crippen LogP contribution >= 0.6 is 0 Å². The van der Waals surface area contributed by atoms with Crippen molar-refractivity contribution in [1.82, 2.24) is 9.62 Å². The third-order valence-electron chi connectivity index (χ3n) is 7.20. The van der Waals surface area contributed by atoms with Crippen molar-refractivity contribution in [2.45, 2.75) is 38.3 Å². The number of rotatable bonds is 6. The highest BCUT2D eigenvalue weighted by Gasteiger charge is 2.40. The number of carbonyl (C=O) groups is 2. The summed E-state index contributed by atoms with van der Waals surface area (Å²) >= 11 is 0. The van der Waals surface area contributed by atoms with Crippen molar-refractivity contribution >= 4 is 38.5 Å². The Hall–Kier alpha value is -3.66. The maximum atomic E-state index is 16.2. The van der Waals surface area contributed by atoms with Gasteiger partial charge in [0.1, 0.15) is 24.6 Å². The van der Waals surface area contributed by atoms with Crippen molar-refractivity contribution in [2.24, 2.45) is 5.92 Å².